The Bertz CT molecular complexity index is 1030. The number of aliphatic hydroxyl groups excluding tert-OH is 1. The summed E-state index contributed by atoms with van der Waals surface area (Å²) >= 11 is 0. The number of aliphatic carboxylic acids is 1. The van der Waals surface area contributed by atoms with Crippen molar-refractivity contribution < 1.29 is 29.3 Å². The summed E-state index contributed by atoms with van der Waals surface area (Å²) < 4.78 is 13.3. The Balaban J connectivity index is 0.000000837. The van der Waals surface area contributed by atoms with Gasteiger partial charge in [0.05, 0.1) is 29.5 Å². The van der Waals surface area contributed by atoms with Gasteiger partial charge in [0.15, 0.2) is 0 Å². The highest BCUT2D eigenvalue weighted by Gasteiger charge is 2.40. The first-order chi connectivity index (χ1) is 15.0. The van der Waals surface area contributed by atoms with E-state index < -0.39 is 29.8 Å². The van der Waals surface area contributed by atoms with E-state index in [1.54, 1.807) is 31.5 Å². The van der Waals surface area contributed by atoms with Crippen molar-refractivity contribution in [2.75, 3.05) is 18.9 Å². The Kier molecular flexibility index (Phi) is 8.15. The highest BCUT2D eigenvalue weighted by Crippen LogP contribution is 2.36. The maximum atomic E-state index is 12.3. The number of ether oxygens (including phenoxy) is 2. The molecule has 1 saturated heterocycles. The van der Waals surface area contributed by atoms with E-state index >= 15 is 0 Å². The Morgan fingerprint density at radius 2 is 2.03 bits per heavy atom. The number of carboxylic acids is 1. The first-order valence-corrected chi connectivity index (χ1v) is 9.96. The number of rotatable bonds is 3. The highest BCUT2D eigenvalue weighted by atomic mass is 16.6. The van der Waals surface area contributed by atoms with Gasteiger partial charge in [-0.25, -0.2) is 9.97 Å². The third-order valence-electron chi connectivity index (χ3n) is 4.51. The lowest BCUT2D eigenvalue weighted by atomic mass is 9.97. The summed E-state index contributed by atoms with van der Waals surface area (Å²) in [6.07, 6.45) is 1.79. The number of carbonyl (C=O) groups is 2. The fraction of sp³-hybridized carbons (Fsp3) is 0.524. The zero-order valence-electron chi connectivity index (χ0n) is 18.5. The second kappa shape index (κ2) is 10.4. The van der Waals surface area contributed by atoms with Gasteiger partial charge in [-0.1, -0.05) is 11.8 Å². The number of carbonyl (C=O) groups excluding carboxylic acids is 1. The molecule has 3 rings (SSSR count). The molecule has 1 aliphatic rings. The van der Waals surface area contributed by atoms with Gasteiger partial charge >= 0.3 is 5.97 Å². The molecule has 6 N–H and O–H groups in total. The average Bonchev–Trinajstić information content (AvgIpc) is 3.27. The molecule has 1 aliphatic heterocycles. The summed E-state index contributed by atoms with van der Waals surface area (Å²) in [4.78, 5) is 29.6. The molecule has 0 aliphatic carbocycles. The minimum absolute atomic E-state index is 0.206. The molecular formula is C21H29N5O6. The molecule has 2 aromatic rings. The van der Waals surface area contributed by atoms with E-state index in [0.29, 0.717) is 28.8 Å². The van der Waals surface area contributed by atoms with Gasteiger partial charge in [0, 0.05) is 19.5 Å². The maximum Gasteiger partial charge on any atom is 0.311 e. The van der Waals surface area contributed by atoms with Crippen LogP contribution in [0.15, 0.2) is 12.5 Å². The molecule has 0 saturated carbocycles. The van der Waals surface area contributed by atoms with E-state index in [0.717, 1.165) is 6.92 Å². The second-order valence-corrected chi connectivity index (χ2v) is 8.17. The van der Waals surface area contributed by atoms with Crippen LogP contribution in [-0.4, -0.2) is 62.0 Å². The summed E-state index contributed by atoms with van der Waals surface area (Å²) in [5.41, 5.74) is 12.0. The SMILES string of the molecule is CC(=O)O.CC(C)(C)C(=O)O[C@H]1C[C@H](n2cc(C#CCN)c3c(N)ncnc32)O[C@@H]1CO. The minimum atomic E-state index is -0.833. The van der Waals surface area contributed by atoms with Crippen LogP contribution in [0, 0.1) is 17.3 Å². The molecule has 2 aromatic heterocycles. The van der Waals surface area contributed by atoms with Crippen LogP contribution in [0.4, 0.5) is 5.82 Å². The monoisotopic (exact) mass is 447 g/mol. The van der Waals surface area contributed by atoms with Crippen LogP contribution in [-0.2, 0) is 19.1 Å². The molecule has 3 heterocycles. The molecule has 0 amide bonds. The van der Waals surface area contributed by atoms with E-state index in [4.69, 9.17) is 30.8 Å². The Morgan fingerprint density at radius 3 is 2.59 bits per heavy atom. The molecule has 0 radical (unpaired) electrons. The fourth-order valence-corrected chi connectivity index (χ4v) is 3.04. The number of hydrogen-bond donors (Lipinski definition) is 4. The van der Waals surface area contributed by atoms with Gasteiger partial charge in [0.2, 0.25) is 0 Å². The third-order valence-corrected chi connectivity index (χ3v) is 4.51. The predicted octanol–water partition coefficient (Wildman–Crippen LogP) is 0.652. The number of hydrogen-bond acceptors (Lipinski definition) is 9. The van der Waals surface area contributed by atoms with Gasteiger partial charge < -0.3 is 35.7 Å². The van der Waals surface area contributed by atoms with Crippen LogP contribution in [0.5, 0.6) is 0 Å². The number of esters is 1. The Labute approximate surface area is 185 Å². The molecule has 0 unspecified atom stereocenters. The van der Waals surface area contributed by atoms with Crippen LogP contribution >= 0.6 is 0 Å². The first kappa shape index (κ1) is 25.1. The summed E-state index contributed by atoms with van der Waals surface area (Å²) in [6.45, 7) is 6.35. The van der Waals surface area contributed by atoms with Gasteiger partial charge in [-0.05, 0) is 20.8 Å². The van der Waals surface area contributed by atoms with Crippen LogP contribution in [0.25, 0.3) is 11.0 Å². The number of fused-ring (bicyclic) bond motifs is 1. The topological polar surface area (TPSA) is 176 Å². The van der Waals surface area contributed by atoms with Gasteiger partial charge in [0.25, 0.3) is 5.97 Å². The molecule has 11 nitrogen and oxygen atoms in total. The fourth-order valence-electron chi connectivity index (χ4n) is 3.04. The van der Waals surface area contributed by atoms with E-state index in [-0.39, 0.29) is 19.1 Å². The number of nitrogens with zero attached hydrogens (tertiary/aromatic N) is 3. The summed E-state index contributed by atoms with van der Waals surface area (Å²) in [5, 5.41) is 17.7. The van der Waals surface area contributed by atoms with E-state index in [9.17, 15) is 9.90 Å². The smallest absolute Gasteiger partial charge is 0.311 e. The summed E-state index contributed by atoms with van der Waals surface area (Å²) in [5.74, 6) is 4.90. The number of carboxylic acid groups (broad SMARTS) is 1. The minimum Gasteiger partial charge on any atom is -0.481 e. The van der Waals surface area contributed by atoms with Crippen LogP contribution in [0.1, 0.15) is 45.9 Å². The van der Waals surface area contributed by atoms with Gasteiger partial charge in [-0.3, -0.25) is 9.59 Å². The van der Waals surface area contributed by atoms with Gasteiger partial charge in [0.1, 0.15) is 36.2 Å². The van der Waals surface area contributed by atoms with Gasteiger partial charge in [-0.15, -0.1) is 0 Å². The quantitative estimate of drug-likeness (QED) is 0.386. The number of anilines is 1. The number of nitrogen functional groups attached to an aromatic ring is 1. The third kappa shape index (κ3) is 5.94. The molecule has 0 bridgehead atoms. The van der Waals surface area contributed by atoms with E-state index in [1.165, 1.54) is 6.33 Å². The Hall–Kier alpha value is -3.20. The lowest BCUT2D eigenvalue weighted by molar-refractivity contribution is -0.162. The zero-order valence-corrected chi connectivity index (χ0v) is 18.5. The molecular weight excluding hydrogens is 418 g/mol. The zero-order chi connectivity index (χ0) is 24.1. The molecule has 3 atom stereocenters. The van der Waals surface area contributed by atoms with E-state index in [2.05, 4.69) is 21.8 Å². The van der Waals surface area contributed by atoms with Crippen molar-refractivity contribution in [1.29, 1.82) is 0 Å². The lowest BCUT2D eigenvalue weighted by Gasteiger charge is -2.22. The number of aromatic nitrogens is 3. The largest absolute Gasteiger partial charge is 0.481 e. The number of nitrogens with two attached hydrogens (primary N) is 2. The first-order valence-electron chi connectivity index (χ1n) is 9.96. The van der Waals surface area contributed by atoms with Crippen molar-refractivity contribution in [3.8, 4) is 11.8 Å². The standard InChI is InChI=1S/C19H25N5O4.C2H4O2/c1-19(2,3)18(26)28-12-7-14(27-13(12)9-25)24-8-11(5-4-6-20)15-16(21)22-10-23-17(15)24;1-2(3)4/h8,10,12-14,25H,6-7,9,20H2,1-3H3,(H2,21,22,23);1H3,(H,3,4)/t12-,13+,14+;/m0./s1. The van der Waals surface area contributed by atoms with Crippen molar-refractivity contribution >= 4 is 28.8 Å². The lowest BCUT2D eigenvalue weighted by Crippen LogP contribution is -2.34. The predicted molar refractivity (Wildman–Crippen MR) is 116 cm³/mol. The molecule has 1 fully saturated rings. The van der Waals surface area contributed by atoms with Crippen molar-refractivity contribution in [3.05, 3.63) is 18.1 Å². The molecule has 11 heteroatoms. The normalized spacial score (nSPS) is 20.1. The molecule has 0 spiro atoms. The summed E-state index contributed by atoms with van der Waals surface area (Å²) in [7, 11) is 0. The van der Waals surface area contributed by atoms with Crippen LogP contribution in [0.3, 0.4) is 0 Å². The second-order valence-electron chi connectivity index (χ2n) is 8.17. The van der Waals surface area contributed by atoms with Crippen molar-refractivity contribution in [2.24, 2.45) is 11.1 Å². The van der Waals surface area contributed by atoms with Crippen molar-refractivity contribution in [3.63, 3.8) is 0 Å². The Morgan fingerprint density at radius 1 is 1.38 bits per heavy atom. The number of aliphatic hydroxyl groups is 1. The van der Waals surface area contributed by atoms with Gasteiger partial charge in [-0.2, -0.15) is 0 Å². The molecule has 0 aromatic carbocycles. The van der Waals surface area contributed by atoms with Crippen LogP contribution in [0.2, 0.25) is 0 Å². The molecule has 174 valence electrons. The van der Waals surface area contributed by atoms with Crippen molar-refractivity contribution in [1.82, 2.24) is 14.5 Å². The molecule has 32 heavy (non-hydrogen) atoms. The maximum absolute atomic E-state index is 12.3. The van der Waals surface area contributed by atoms with Crippen molar-refractivity contribution in [2.45, 2.75) is 52.6 Å². The summed E-state index contributed by atoms with van der Waals surface area (Å²) in [6, 6.07) is 0. The van der Waals surface area contributed by atoms with E-state index in [1.807, 2.05) is 0 Å². The highest BCUT2D eigenvalue weighted by molar-refractivity contribution is 5.92. The van der Waals surface area contributed by atoms with Crippen LogP contribution < -0.4 is 11.5 Å². The average molecular weight is 447 g/mol.